The standard InChI is InChI=1S/C15H17BrN4O/c1-8-4-9(2)14(12(16)5-8)19-15(21)11-7-18-10(3)6-13(11)20-17/h4-7H,17H2,1-3H3,(H,18,20)(H,19,21). The molecule has 0 radical (unpaired) electrons. The Labute approximate surface area is 132 Å². The molecular formula is C15H17BrN4O. The number of carbonyl (C=O) groups excluding carboxylic acids is 1. The second-order valence-electron chi connectivity index (χ2n) is 4.91. The number of amides is 1. The number of anilines is 2. The van der Waals surface area contributed by atoms with Crippen LogP contribution in [0.15, 0.2) is 28.9 Å². The van der Waals surface area contributed by atoms with Gasteiger partial charge in [0.2, 0.25) is 0 Å². The minimum Gasteiger partial charge on any atom is -0.323 e. The highest BCUT2D eigenvalue weighted by molar-refractivity contribution is 9.10. The van der Waals surface area contributed by atoms with Gasteiger partial charge in [0.05, 0.1) is 16.9 Å². The van der Waals surface area contributed by atoms with E-state index >= 15 is 0 Å². The molecule has 6 heteroatoms. The summed E-state index contributed by atoms with van der Waals surface area (Å²) < 4.78 is 0.843. The molecule has 0 fully saturated rings. The van der Waals surface area contributed by atoms with Crippen molar-refractivity contribution >= 4 is 33.2 Å². The second kappa shape index (κ2) is 6.24. The molecule has 1 amide bonds. The van der Waals surface area contributed by atoms with E-state index in [-0.39, 0.29) is 5.91 Å². The van der Waals surface area contributed by atoms with Crippen LogP contribution in [0.25, 0.3) is 0 Å². The molecule has 1 aromatic heterocycles. The maximum Gasteiger partial charge on any atom is 0.259 e. The van der Waals surface area contributed by atoms with Crippen LogP contribution in [0.3, 0.4) is 0 Å². The van der Waals surface area contributed by atoms with Crippen molar-refractivity contribution in [3.05, 3.63) is 51.3 Å². The zero-order valence-corrected chi connectivity index (χ0v) is 13.7. The molecule has 1 heterocycles. The lowest BCUT2D eigenvalue weighted by atomic mass is 10.1. The molecule has 0 saturated carbocycles. The quantitative estimate of drug-likeness (QED) is 0.587. The fourth-order valence-corrected chi connectivity index (χ4v) is 2.89. The molecule has 2 rings (SSSR count). The van der Waals surface area contributed by atoms with Gasteiger partial charge < -0.3 is 10.7 Å². The number of nitrogens with zero attached hydrogens (tertiary/aromatic N) is 1. The van der Waals surface area contributed by atoms with Crippen LogP contribution in [0.4, 0.5) is 11.4 Å². The van der Waals surface area contributed by atoms with E-state index in [4.69, 9.17) is 5.84 Å². The van der Waals surface area contributed by atoms with Crippen LogP contribution in [0.5, 0.6) is 0 Å². The summed E-state index contributed by atoms with van der Waals surface area (Å²) in [5, 5.41) is 2.89. The molecule has 0 saturated heterocycles. The number of nitrogens with one attached hydrogen (secondary N) is 2. The van der Waals surface area contributed by atoms with Gasteiger partial charge in [-0.2, -0.15) is 0 Å². The van der Waals surface area contributed by atoms with E-state index in [1.54, 1.807) is 6.07 Å². The number of hydrogen-bond acceptors (Lipinski definition) is 4. The Morgan fingerprint density at radius 1 is 1.24 bits per heavy atom. The maximum absolute atomic E-state index is 12.4. The fourth-order valence-electron chi connectivity index (χ4n) is 2.12. The predicted octanol–water partition coefficient (Wildman–Crippen LogP) is 3.31. The number of nitrogens with two attached hydrogens (primary N) is 1. The second-order valence-corrected chi connectivity index (χ2v) is 5.76. The third-order valence-electron chi connectivity index (χ3n) is 3.11. The SMILES string of the molecule is Cc1cc(C)c(NC(=O)c2cnc(C)cc2NN)c(Br)c1. The van der Waals surface area contributed by atoms with Crippen LogP contribution >= 0.6 is 15.9 Å². The van der Waals surface area contributed by atoms with Crippen LogP contribution in [-0.4, -0.2) is 10.9 Å². The first kappa shape index (κ1) is 15.5. The maximum atomic E-state index is 12.4. The zero-order chi connectivity index (χ0) is 15.6. The van der Waals surface area contributed by atoms with Crippen molar-refractivity contribution in [2.75, 3.05) is 10.7 Å². The molecule has 0 aliphatic rings. The monoisotopic (exact) mass is 348 g/mol. The number of rotatable bonds is 3. The number of hydrazine groups is 1. The number of carbonyl (C=O) groups is 1. The van der Waals surface area contributed by atoms with Crippen LogP contribution in [-0.2, 0) is 0 Å². The molecule has 0 atom stereocenters. The van der Waals surface area contributed by atoms with Crippen molar-refractivity contribution in [1.29, 1.82) is 0 Å². The third kappa shape index (κ3) is 3.40. The zero-order valence-electron chi connectivity index (χ0n) is 12.1. The summed E-state index contributed by atoms with van der Waals surface area (Å²) in [4.78, 5) is 16.6. The normalized spacial score (nSPS) is 10.3. The van der Waals surface area contributed by atoms with E-state index in [0.29, 0.717) is 11.3 Å². The van der Waals surface area contributed by atoms with Gasteiger partial charge in [-0.3, -0.25) is 15.6 Å². The van der Waals surface area contributed by atoms with Gasteiger partial charge in [0.1, 0.15) is 0 Å². The van der Waals surface area contributed by atoms with E-state index in [0.717, 1.165) is 27.0 Å². The molecule has 110 valence electrons. The molecular weight excluding hydrogens is 332 g/mol. The first-order chi connectivity index (χ1) is 9.92. The van der Waals surface area contributed by atoms with Crippen LogP contribution < -0.4 is 16.6 Å². The first-order valence-electron chi connectivity index (χ1n) is 6.43. The van der Waals surface area contributed by atoms with Crippen LogP contribution in [0, 0.1) is 20.8 Å². The van der Waals surface area contributed by atoms with Gasteiger partial charge in [0.15, 0.2) is 0 Å². The van der Waals surface area contributed by atoms with E-state index in [1.807, 2.05) is 32.9 Å². The van der Waals surface area contributed by atoms with E-state index in [2.05, 4.69) is 31.7 Å². The highest BCUT2D eigenvalue weighted by atomic mass is 79.9. The molecule has 0 spiro atoms. The molecule has 21 heavy (non-hydrogen) atoms. The average Bonchev–Trinajstić information content (AvgIpc) is 2.42. The molecule has 0 aliphatic carbocycles. The highest BCUT2D eigenvalue weighted by Crippen LogP contribution is 2.28. The van der Waals surface area contributed by atoms with Crippen molar-refractivity contribution in [3.63, 3.8) is 0 Å². The Morgan fingerprint density at radius 2 is 1.95 bits per heavy atom. The van der Waals surface area contributed by atoms with Crippen molar-refractivity contribution in [2.45, 2.75) is 20.8 Å². The smallest absolute Gasteiger partial charge is 0.259 e. The van der Waals surface area contributed by atoms with Gasteiger partial charge in [-0.1, -0.05) is 6.07 Å². The van der Waals surface area contributed by atoms with Crippen molar-refractivity contribution in [3.8, 4) is 0 Å². The Kier molecular flexibility index (Phi) is 4.59. The number of aromatic nitrogens is 1. The summed E-state index contributed by atoms with van der Waals surface area (Å²) in [7, 11) is 0. The van der Waals surface area contributed by atoms with E-state index in [1.165, 1.54) is 6.20 Å². The fraction of sp³-hybridized carbons (Fsp3) is 0.200. The number of aryl methyl sites for hydroxylation is 3. The minimum absolute atomic E-state index is 0.261. The van der Waals surface area contributed by atoms with Crippen molar-refractivity contribution in [1.82, 2.24) is 4.98 Å². The summed E-state index contributed by atoms with van der Waals surface area (Å²) >= 11 is 3.48. The Morgan fingerprint density at radius 3 is 2.57 bits per heavy atom. The van der Waals surface area contributed by atoms with Crippen molar-refractivity contribution in [2.24, 2.45) is 5.84 Å². The van der Waals surface area contributed by atoms with Gasteiger partial charge in [0.25, 0.3) is 5.91 Å². The van der Waals surface area contributed by atoms with Crippen LogP contribution in [0.2, 0.25) is 0 Å². The summed E-state index contributed by atoms with van der Waals surface area (Å²) in [6.45, 7) is 5.79. The predicted molar refractivity (Wildman–Crippen MR) is 88.4 cm³/mol. The lowest BCUT2D eigenvalue weighted by molar-refractivity contribution is 0.102. The number of hydrogen-bond donors (Lipinski definition) is 3. The molecule has 5 nitrogen and oxygen atoms in total. The van der Waals surface area contributed by atoms with Crippen LogP contribution in [0.1, 0.15) is 27.2 Å². The lowest BCUT2D eigenvalue weighted by Crippen LogP contribution is -2.18. The van der Waals surface area contributed by atoms with Crippen molar-refractivity contribution < 1.29 is 4.79 Å². The largest absolute Gasteiger partial charge is 0.323 e. The molecule has 1 aromatic carbocycles. The third-order valence-corrected chi connectivity index (χ3v) is 3.74. The molecule has 4 N–H and O–H groups in total. The summed E-state index contributed by atoms with van der Waals surface area (Å²) in [5.74, 6) is 5.20. The highest BCUT2D eigenvalue weighted by Gasteiger charge is 2.15. The molecule has 0 unspecified atom stereocenters. The number of pyridine rings is 1. The number of benzene rings is 1. The van der Waals surface area contributed by atoms with E-state index < -0.39 is 0 Å². The Bertz CT molecular complexity index is 677. The van der Waals surface area contributed by atoms with Gasteiger partial charge >= 0.3 is 0 Å². The van der Waals surface area contributed by atoms with Gasteiger partial charge in [0, 0.05) is 16.4 Å². The Hall–Kier alpha value is -1.92. The minimum atomic E-state index is -0.261. The summed E-state index contributed by atoms with van der Waals surface area (Å²) in [6.07, 6.45) is 1.51. The average molecular weight is 349 g/mol. The molecule has 2 aromatic rings. The molecule has 0 bridgehead atoms. The van der Waals surface area contributed by atoms with Gasteiger partial charge in [-0.25, -0.2) is 0 Å². The van der Waals surface area contributed by atoms with Gasteiger partial charge in [-0.15, -0.1) is 0 Å². The molecule has 0 aliphatic heterocycles. The van der Waals surface area contributed by atoms with E-state index in [9.17, 15) is 4.79 Å². The summed E-state index contributed by atoms with van der Waals surface area (Å²) in [5.41, 5.74) is 7.11. The first-order valence-corrected chi connectivity index (χ1v) is 7.23. The summed E-state index contributed by atoms with van der Waals surface area (Å²) in [6, 6.07) is 5.69. The number of halogens is 1. The van der Waals surface area contributed by atoms with Gasteiger partial charge in [-0.05, 0) is 60.0 Å². The number of nitrogen functional groups attached to an aromatic ring is 1. The lowest BCUT2D eigenvalue weighted by Gasteiger charge is -2.13. The topological polar surface area (TPSA) is 80.0 Å². The Balaban J connectivity index is 2.35.